The minimum Gasteiger partial charge on any atom is -0.455 e. The third kappa shape index (κ3) is 24.0. The average Bonchev–Trinajstić information content (AvgIpc) is 1.71. The lowest BCUT2D eigenvalue weighted by atomic mass is 9.72. The van der Waals surface area contributed by atoms with Crippen molar-refractivity contribution >= 4 is 137 Å². The van der Waals surface area contributed by atoms with Gasteiger partial charge in [0, 0.05) is 184 Å². The normalized spacial score (nSPS) is 18.6. The summed E-state index contributed by atoms with van der Waals surface area (Å²) in [6.45, 7) is 25.1. The molecule has 2 atom stereocenters. The molecule has 4 aliphatic heterocycles. The number of nitro groups is 2. The molecule has 27 nitrogen and oxygen atoms in total. The molecule has 4 saturated heterocycles. The van der Waals surface area contributed by atoms with Crippen molar-refractivity contribution in [2.75, 3.05) is 146 Å². The molecule has 4 fully saturated rings. The number of aliphatic hydroxyl groups excluding tert-OH is 1. The molecule has 0 radical (unpaired) electrons. The predicted octanol–water partition coefficient (Wildman–Crippen LogP) is 18.0. The first-order valence-electron chi connectivity index (χ1n) is 44.9. The van der Waals surface area contributed by atoms with Crippen molar-refractivity contribution in [1.29, 1.82) is 0 Å². The number of piperazine rings is 2. The van der Waals surface area contributed by atoms with Gasteiger partial charge >= 0.3 is 0 Å². The summed E-state index contributed by atoms with van der Waals surface area (Å²) in [4.78, 5) is 79.7. The third-order valence-corrected chi connectivity index (χ3v) is 35.2. The van der Waals surface area contributed by atoms with E-state index in [2.05, 4.69) is 144 Å². The Balaban J connectivity index is 0.000000201. The summed E-state index contributed by atoms with van der Waals surface area (Å²) in [5, 5.41) is 37.8. The highest BCUT2D eigenvalue weighted by molar-refractivity contribution is 7.90. The zero-order chi connectivity index (χ0) is 92.9. The van der Waals surface area contributed by atoms with Crippen LogP contribution in [-0.2, 0) is 32.9 Å². The maximum Gasteiger partial charge on any atom is 0.273 e. The van der Waals surface area contributed by atoms with Gasteiger partial charge in [-0.1, -0.05) is 98.4 Å². The molecule has 131 heavy (non-hydrogen) atoms. The molecule has 5 N–H and O–H groups in total. The molecular weight excluding hydrogens is 1780 g/mol. The first-order chi connectivity index (χ1) is 62.4. The maximum atomic E-state index is 14.0. The molecule has 6 aliphatic rings. The molecule has 33 heteroatoms. The molecule has 0 saturated carbocycles. The Hall–Kier alpha value is -10.0. The van der Waals surface area contributed by atoms with Gasteiger partial charge in [-0.05, 0) is 227 Å². The molecule has 10 aromatic rings. The summed E-state index contributed by atoms with van der Waals surface area (Å²) >= 11 is 12.5. The van der Waals surface area contributed by atoms with Gasteiger partial charge in [-0.3, -0.25) is 49.4 Å². The highest BCUT2D eigenvalue weighted by atomic mass is 35.5. The first-order valence-corrected chi connectivity index (χ1v) is 54.2. The number of aryl methyl sites for hydroxylation is 2. The van der Waals surface area contributed by atoms with Crippen molar-refractivity contribution in [3.05, 3.63) is 245 Å². The number of ether oxygens (including phenoxy) is 2. The molecule has 2 unspecified atom stereocenters. The Bertz CT molecular complexity index is 6330. The lowest BCUT2D eigenvalue weighted by molar-refractivity contribution is -0.385. The lowest BCUT2D eigenvalue weighted by Gasteiger charge is -2.39. The van der Waals surface area contributed by atoms with E-state index in [1.807, 2.05) is 36.4 Å². The van der Waals surface area contributed by atoms with Gasteiger partial charge in [0.05, 0.1) is 49.8 Å². The highest BCUT2D eigenvalue weighted by Crippen LogP contribution is 2.48. The van der Waals surface area contributed by atoms with Gasteiger partial charge in [-0.2, -0.15) is 0 Å². The topological polar surface area (TPSA) is 328 Å². The fourth-order valence-corrected chi connectivity index (χ4v) is 24.2. The number of hydrogen-bond donors (Lipinski definition) is 5. The Morgan fingerprint density at radius 2 is 0.939 bits per heavy atom. The zero-order valence-electron chi connectivity index (χ0n) is 75.5. The number of aromatic nitrogens is 4. The summed E-state index contributed by atoms with van der Waals surface area (Å²) in [5.41, 5.74) is 11.6. The van der Waals surface area contributed by atoms with Crippen LogP contribution in [0.15, 0.2) is 191 Å². The predicted molar refractivity (Wildman–Crippen MR) is 530 cm³/mol. The third-order valence-electron chi connectivity index (χ3n) is 26.9. The number of H-pyrrole nitrogens is 2. The Morgan fingerprint density at radius 3 is 1.34 bits per heavy atom. The second-order valence-corrected chi connectivity index (χ2v) is 50.6. The van der Waals surface area contributed by atoms with Gasteiger partial charge in [0.25, 0.3) is 43.2 Å². The van der Waals surface area contributed by atoms with E-state index in [9.17, 15) is 51.8 Å². The Kier molecular flexibility index (Phi) is 29.5. The van der Waals surface area contributed by atoms with E-state index in [0.717, 1.165) is 199 Å². The molecule has 16 rings (SSSR count). The standard InChI is InChI=1S/C49H59ClN7O7PS.C49H59ClN7O6PS/c1-49(2)17-15-37(44(30-49)34-5-9-38(50)10-6-34)32-54-19-21-55(22-20-54)39-12-14-43(46(28-39)64-41-27-36-16-18-51-47(36)52-31-41)48(59)53-66(62,63)42-13-8-35(45(29-42)57(60)61)7-11-40(33-58)56-23-25-65(3,4)26-24-56;1-34(55-24-26-64(4,5)27-25-55)6-7-36-10-14-42(30-45(36)57(59)60)65(61,62)53-48(58)43-15-13-40(29-46(43)63-41-28-37-17-19-51-47(37)52-32-41)56-22-20-54(21-23-56)33-38-16-18-49(2,3)31-44(38)35-8-11-39(50)12-9-35/h5-6,8-10,12-14,16,18,27-29,31,40,58H,3,7,11,15,17,19-26,30,32-33H2,1-2,4H3,(H,51,52)(H,53,59);8-15,17,19,28-30,32,34H,4,6-7,16,18,20-27,31,33H2,1-3,5H3,(H,51,52)(H,53,58). The number of halogens is 2. The monoisotopic (exact) mass is 1890 g/mol. The SMILES string of the molecule is C=P1(C)CCN(C(C)CCc2ccc(S(=O)(=O)NC(=O)c3ccc(N4CCN(CC5=C(c6ccc(Cl)cc6)CC(C)(C)CC5)CC4)cc3Oc3cnc4[nH]ccc4c3)cc2[N+](=O)[O-])CC1.C=P1(C)CCN(C(CO)CCc2ccc(S(=O)(=O)NC(=O)c3ccc(N4CCN(CC5=C(c6ccc(Cl)cc6)CC(C)(C)CC5)CC4)cc3Oc3cnc4[nH]ccc4c3)cc2[N+](=O)[O-])CC1. The smallest absolute Gasteiger partial charge is 0.273 e. The van der Waals surface area contributed by atoms with Crippen molar-refractivity contribution in [2.45, 2.75) is 121 Å². The van der Waals surface area contributed by atoms with Gasteiger partial charge in [-0.25, -0.2) is 36.2 Å². The summed E-state index contributed by atoms with van der Waals surface area (Å²) < 4.78 is 72.2. The van der Waals surface area contributed by atoms with Gasteiger partial charge in [0.15, 0.2) is 0 Å². The van der Waals surface area contributed by atoms with Gasteiger partial charge in [-0.15, -0.1) is 26.4 Å². The summed E-state index contributed by atoms with van der Waals surface area (Å²) in [6, 6.07) is 41.3. The van der Waals surface area contributed by atoms with E-state index >= 15 is 0 Å². The van der Waals surface area contributed by atoms with Crippen molar-refractivity contribution in [3.63, 3.8) is 0 Å². The number of aromatic amines is 2. The van der Waals surface area contributed by atoms with E-state index < -0.39 is 60.4 Å². The molecule has 8 heterocycles. The van der Waals surface area contributed by atoms with Crippen molar-refractivity contribution in [1.82, 2.24) is 49.0 Å². The van der Waals surface area contributed by atoms with Crippen LogP contribution in [0.4, 0.5) is 22.7 Å². The molecule has 2 amide bonds. The molecule has 694 valence electrons. The van der Waals surface area contributed by atoms with Crippen LogP contribution in [-0.4, -0.2) is 244 Å². The molecule has 2 aliphatic carbocycles. The molecule has 0 spiro atoms. The number of amides is 2. The Morgan fingerprint density at radius 1 is 0.542 bits per heavy atom. The average molecular weight is 1900 g/mol. The number of benzene rings is 6. The minimum absolute atomic E-state index is 0.0221. The number of rotatable bonds is 29. The maximum absolute atomic E-state index is 14.0. The van der Waals surface area contributed by atoms with Crippen LogP contribution in [0.1, 0.15) is 129 Å². The summed E-state index contributed by atoms with van der Waals surface area (Å²) in [6.07, 6.45) is 27.7. The fourth-order valence-electron chi connectivity index (χ4n) is 18.6. The van der Waals surface area contributed by atoms with E-state index in [-0.39, 0.29) is 74.8 Å². The van der Waals surface area contributed by atoms with Crippen LogP contribution in [0, 0.1) is 31.1 Å². The fraction of sp³-hybridized carbons (Fsp3) is 0.408. The van der Waals surface area contributed by atoms with Crippen LogP contribution in [0.3, 0.4) is 0 Å². The lowest BCUT2D eigenvalue weighted by Crippen LogP contribution is -2.47. The van der Waals surface area contributed by atoms with E-state index in [1.165, 1.54) is 70.1 Å². The van der Waals surface area contributed by atoms with Gasteiger partial charge in [0.1, 0.15) is 34.3 Å². The van der Waals surface area contributed by atoms with Crippen LogP contribution >= 0.6 is 37.0 Å². The number of nitrogens with one attached hydrogen (secondary N) is 4. The van der Waals surface area contributed by atoms with Crippen molar-refractivity contribution < 1.29 is 50.9 Å². The van der Waals surface area contributed by atoms with Gasteiger partial charge in [0.2, 0.25) is 0 Å². The zero-order valence-corrected chi connectivity index (χ0v) is 80.5. The van der Waals surface area contributed by atoms with Crippen LogP contribution < -0.4 is 28.7 Å². The van der Waals surface area contributed by atoms with Gasteiger partial charge < -0.3 is 34.3 Å². The molecular formula is C98H118Cl2N14O13P2S2. The number of carbonyl (C=O) groups is 2. The van der Waals surface area contributed by atoms with Crippen LogP contribution in [0.25, 0.3) is 33.2 Å². The van der Waals surface area contributed by atoms with E-state index in [4.69, 9.17) is 32.7 Å². The van der Waals surface area contributed by atoms with E-state index in [1.54, 1.807) is 60.9 Å². The number of carbonyl (C=O) groups excluding carboxylic acids is 2. The second kappa shape index (κ2) is 40.4. The number of allylic oxidation sites excluding steroid dienone is 2. The molecule has 0 bridgehead atoms. The number of anilines is 2. The van der Waals surface area contributed by atoms with Crippen LogP contribution in [0.5, 0.6) is 23.0 Å². The second-order valence-electron chi connectivity index (χ2n) is 38.1. The minimum atomic E-state index is -4.59. The highest BCUT2D eigenvalue weighted by Gasteiger charge is 2.36. The summed E-state index contributed by atoms with van der Waals surface area (Å²) in [5.74, 6) is -0.925. The van der Waals surface area contributed by atoms with Crippen LogP contribution in [0.2, 0.25) is 10.0 Å². The number of aliphatic hydroxyl groups is 1. The van der Waals surface area contributed by atoms with Crippen molar-refractivity contribution in [2.24, 2.45) is 10.8 Å². The summed E-state index contributed by atoms with van der Waals surface area (Å²) in [7, 11) is -9.13. The molecule has 6 aromatic carbocycles. The number of sulfonamides is 2. The number of nitro benzene ring substituents is 2. The molecule has 4 aromatic heterocycles. The largest absolute Gasteiger partial charge is 0.455 e. The number of nitrogens with zero attached hydrogens (tertiary/aromatic N) is 10. The number of fused-ring (bicyclic) bond motifs is 2. The van der Waals surface area contributed by atoms with E-state index in [0.29, 0.717) is 53.2 Å². The Labute approximate surface area is 777 Å². The number of pyridine rings is 2. The number of hydrogen-bond acceptors (Lipinski definition) is 21. The quantitative estimate of drug-likeness (QED) is 0.0165. The van der Waals surface area contributed by atoms with Crippen molar-refractivity contribution in [3.8, 4) is 23.0 Å². The first kappa shape index (κ1) is 95.6.